The van der Waals surface area contributed by atoms with E-state index in [1.807, 2.05) is 0 Å². The third-order valence-electron chi connectivity index (χ3n) is 1.71. The van der Waals surface area contributed by atoms with Crippen molar-refractivity contribution in [1.29, 1.82) is 0 Å². The fourth-order valence-corrected chi connectivity index (χ4v) is 1.64. The molecule has 0 fully saturated rings. The van der Waals surface area contributed by atoms with E-state index < -0.39 is 8.80 Å². The van der Waals surface area contributed by atoms with Gasteiger partial charge in [-0.2, -0.15) is 0 Å². The zero-order valence-electron chi connectivity index (χ0n) is 8.04. The highest BCUT2D eigenvalue weighted by Gasteiger charge is 2.29. The predicted octanol–water partition coefficient (Wildman–Crippen LogP) is 0.482. The Kier molecular flexibility index (Phi) is 5.08. The van der Waals surface area contributed by atoms with Crippen LogP contribution in [0.5, 0.6) is 0 Å². The van der Waals surface area contributed by atoms with Gasteiger partial charge in [0.25, 0.3) is 0 Å². The maximum atomic E-state index is 11.0. The van der Waals surface area contributed by atoms with Crippen LogP contribution in [0.4, 0.5) is 0 Å². The van der Waals surface area contributed by atoms with Gasteiger partial charge in [0.05, 0.1) is 0 Å². The highest BCUT2D eigenvalue weighted by molar-refractivity contribution is 6.57. The van der Waals surface area contributed by atoms with E-state index in [2.05, 4.69) is 11.0 Å². The van der Waals surface area contributed by atoms with Gasteiger partial charge in [-0.3, -0.25) is 4.79 Å². The first-order valence-corrected chi connectivity index (χ1v) is 6.08. The molecule has 0 spiro atoms. The largest absolute Gasteiger partial charge is 0.495 e. The molecule has 0 aliphatic heterocycles. The first kappa shape index (κ1) is 12.5. The highest BCUT2D eigenvalue weighted by atomic mass is 28.4. The van der Waals surface area contributed by atoms with Crippen LogP contribution in [0.15, 0.2) is 12.2 Å². The normalized spacial score (nSPS) is 11.4. The van der Waals surface area contributed by atoms with E-state index in [9.17, 15) is 4.79 Å². The summed E-state index contributed by atoms with van der Waals surface area (Å²) in [5, 5.41) is 0. The molecule has 0 saturated heterocycles. The number of ketones is 1. The van der Waals surface area contributed by atoms with Crippen molar-refractivity contribution < 1.29 is 18.8 Å². The average molecular weight is 204 g/mol. The van der Waals surface area contributed by atoms with Crippen molar-refractivity contribution in [2.75, 3.05) is 7.11 Å². The van der Waals surface area contributed by atoms with Gasteiger partial charge < -0.3 is 14.0 Å². The average Bonchev–Trinajstić information content (AvgIpc) is 2.04. The minimum Gasteiger partial charge on any atom is -0.390 e. The molecule has 0 aromatic rings. The van der Waals surface area contributed by atoms with Gasteiger partial charge in [0.1, 0.15) is 0 Å². The lowest BCUT2D eigenvalue weighted by Gasteiger charge is -2.13. The Morgan fingerprint density at radius 3 is 2.46 bits per heavy atom. The zero-order valence-corrected chi connectivity index (χ0v) is 9.04. The van der Waals surface area contributed by atoms with Gasteiger partial charge in [0.15, 0.2) is 5.78 Å². The molecule has 13 heavy (non-hydrogen) atoms. The molecule has 5 heteroatoms. The van der Waals surface area contributed by atoms with E-state index in [1.165, 1.54) is 7.11 Å². The van der Waals surface area contributed by atoms with Crippen molar-refractivity contribution in [2.45, 2.75) is 25.8 Å². The maximum Gasteiger partial charge on any atom is 0.495 e. The molecule has 0 atom stereocenters. The Morgan fingerprint density at radius 2 is 2.08 bits per heavy atom. The molecule has 0 aromatic heterocycles. The number of carbonyl (C=O) groups is 1. The SMILES string of the molecule is C=C(C)C(=O)CCC[Si](O)(O)OC. The predicted molar refractivity (Wildman–Crippen MR) is 51.1 cm³/mol. The lowest BCUT2D eigenvalue weighted by Crippen LogP contribution is -2.37. The Balaban J connectivity index is 3.68. The summed E-state index contributed by atoms with van der Waals surface area (Å²) in [6.45, 7) is 5.14. The van der Waals surface area contributed by atoms with Crippen LogP contribution in [0.1, 0.15) is 19.8 Å². The molecule has 4 nitrogen and oxygen atoms in total. The highest BCUT2D eigenvalue weighted by Crippen LogP contribution is 2.10. The number of hydrogen-bond donors (Lipinski definition) is 2. The van der Waals surface area contributed by atoms with Gasteiger partial charge in [-0.1, -0.05) is 6.58 Å². The molecule has 2 N–H and O–H groups in total. The van der Waals surface area contributed by atoms with Crippen molar-refractivity contribution >= 4 is 14.6 Å². The standard InChI is InChI=1S/C8H16O4Si/c1-7(2)8(9)5-4-6-13(10,11)12-3/h10-11H,1,4-6H2,2-3H3. The van der Waals surface area contributed by atoms with Crippen LogP contribution in [-0.4, -0.2) is 31.3 Å². The lowest BCUT2D eigenvalue weighted by atomic mass is 10.1. The van der Waals surface area contributed by atoms with E-state index in [0.717, 1.165) is 0 Å². The summed E-state index contributed by atoms with van der Waals surface area (Å²) in [5.74, 6) is -0.0408. The second-order valence-electron chi connectivity index (χ2n) is 3.00. The van der Waals surface area contributed by atoms with Crippen molar-refractivity contribution in [3.05, 3.63) is 12.2 Å². The Labute approximate surface area is 79.2 Å². The van der Waals surface area contributed by atoms with Gasteiger partial charge in [0.2, 0.25) is 0 Å². The first-order chi connectivity index (χ1) is 5.89. The second-order valence-corrected chi connectivity index (χ2v) is 5.40. The summed E-state index contributed by atoms with van der Waals surface area (Å²) in [6.07, 6.45) is 0.729. The smallest absolute Gasteiger partial charge is 0.390 e. The molecule has 0 amide bonds. The molecule has 0 bridgehead atoms. The topological polar surface area (TPSA) is 66.8 Å². The number of carbonyl (C=O) groups excluding carboxylic acids is 1. The van der Waals surface area contributed by atoms with Crippen LogP contribution in [0, 0.1) is 0 Å². The molecule has 0 heterocycles. The Morgan fingerprint density at radius 1 is 1.54 bits per heavy atom. The molecule has 0 unspecified atom stereocenters. The molecule has 0 aliphatic carbocycles. The van der Waals surface area contributed by atoms with Crippen molar-refractivity contribution in [3.8, 4) is 0 Å². The van der Waals surface area contributed by atoms with E-state index in [1.54, 1.807) is 6.92 Å². The van der Waals surface area contributed by atoms with E-state index in [4.69, 9.17) is 9.59 Å². The fraction of sp³-hybridized carbons (Fsp3) is 0.625. The quantitative estimate of drug-likeness (QED) is 0.488. The van der Waals surface area contributed by atoms with E-state index in [0.29, 0.717) is 18.4 Å². The van der Waals surface area contributed by atoms with Gasteiger partial charge in [-0.15, -0.1) is 0 Å². The van der Waals surface area contributed by atoms with Crippen LogP contribution in [-0.2, 0) is 9.22 Å². The van der Waals surface area contributed by atoms with Crippen LogP contribution in [0.25, 0.3) is 0 Å². The zero-order chi connectivity index (χ0) is 10.5. The van der Waals surface area contributed by atoms with Crippen molar-refractivity contribution in [3.63, 3.8) is 0 Å². The minimum absolute atomic E-state index is 0.0408. The molecular formula is C8H16O4Si. The summed E-state index contributed by atoms with van der Waals surface area (Å²) in [4.78, 5) is 29.3. The van der Waals surface area contributed by atoms with Crippen LogP contribution < -0.4 is 0 Å². The number of hydrogen-bond acceptors (Lipinski definition) is 4. The molecule has 0 aliphatic rings. The lowest BCUT2D eigenvalue weighted by molar-refractivity contribution is -0.115. The van der Waals surface area contributed by atoms with Gasteiger partial charge in [0, 0.05) is 19.6 Å². The summed E-state index contributed by atoms with van der Waals surface area (Å²) in [5.41, 5.74) is 0.501. The third kappa shape index (κ3) is 5.70. The van der Waals surface area contributed by atoms with Crippen LogP contribution in [0.3, 0.4) is 0 Å². The van der Waals surface area contributed by atoms with Gasteiger partial charge in [-0.25, -0.2) is 0 Å². The molecule has 0 saturated carbocycles. The van der Waals surface area contributed by atoms with Crippen molar-refractivity contribution in [2.24, 2.45) is 0 Å². The Bertz CT molecular complexity index is 200. The fourth-order valence-electron chi connectivity index (χ4n) is 0.795. The summed E-state index contributed by atoms with van der Waals surface area (Å²) < 4.78 is 4.50. The third-order valence-corrected chi connectivity index (χ3v) is 3.37. The van der Waals surface area contributed by atoms with E-state index in [-0.39, 0.29) is 11.8 Å². The molecule has 0 rings (SSSR count). The number of rotatable bonds is 6. The molecular weight excluding hydrogens is 188 g/mol. The van der Waals surface area contributed by atoms with Gasteiger partial charge in [-0.05, 0) is 18.9 Å². The maximum absolute atomic E-state index is 11.0. The number of allylic oxidation sites excluding steroid dienone is 1. The van der Waals surface area contributed by atoms with Crippen molar-refractivity contribution in [1.82, 2.24) is 0 Å². The minimum atomic E-state index is -3.46. The monoisotopic (exact) mass is 204 g/mol. The summed E-state index contributed by atoms with van der Waals surface area (Å²) >= 11 is 0. The molecule has 0 aromatic carbocycles. The Hall–Kier alpha value is -0.493. The van der Waals surface area contributed by atoms with E-state index >= 15 is 0 Å². The van der Waals surface area contributed by atoms with Crippen LogP contribution in [0.2, 0.25) is 6.04 Å². The number of Topliss-reactive ketones (excluding diaryl/α,β-unsaturated/α-hetero) is 1. The summed E-state index contributed by atoms with van der Waals surface area (Å²) in [7, 11) is -2.20. The van der Waals surface area contributed by atoms with Gasteiger partial charge >= 0.3 is 8.80 Å². The molecule has 76 valence electrons. The molecule has 0 radical (unpaired) electrons. The summed E-state index contributed by atoms with van der Waals surface area (Å²) in [6, 6.07) is 0.155. The van der Waals surface area contributed by atoms with Crippen LogP contribution >= 0.6 is 0 Å². The first-order valence-electron chi connectivity index (χ1n) is 4.07. The second kappa shape index (κ2) is 5.28.